The van der Waals surface area contributed by atoms with Crippen LogP contribution >= 0.6 is 34.8 Å². The van der Waals surface area contributed by atoms with Crippen LogP contribution in [0.15, 0.2) is 54.4 Å². The quantitative estimate of drug-likeness (QED) is 0.277. The van der Waals surface area contributed by atoms with Crippen molar-refractivity contribution in [2.45, 2.75) is 13.5 Å². The van der Waals surface area contributed by atoms with E-state index in [1.807, 2.05) is 56.4 Å². The molecule has 0 spiro atoms. The van der Waals surface area contributed by atoms with Gasteiger partial charge in [-0.05, 0) is 89.8 Å². The minimum absolute atomic E-state index is 0.224. The summed E-state index contributed by atoms with van der Waals surface area (Å²) in [6.45, 7) is 2.18. The number of halogens is 1. The van der Waals surface area contributed by atoms with Gasteiger partial charge in [0.05, 0.1) is 18.5 Å². The summed E-state index contributed by atoms with van der Waals surface area (Å²) < 4.78 is 14.2. The summed E-state index contributed by atoms with van der Waals surface area (Å²) >= 11 is 7.66. The molecule has 1 N–H and O–H groups in total. The fourth-order valence-electron chi connectivity index (χ4n) is 3.42. The van der Waals surface area contributed by atoms with Crippen LogP contribution in [0.3, 0.4) is 0 Å². The number of ether oxygens (including phenoxy) is 2. The molecule has 0 bridgehead atoms. The predicted octanol–water partition coefficient (Wildman–Crippen LogP) is 4.18. The van der Waals surface area contributed by atoms with Gasteiger partial charge in [0, 0.05) is 22.4 Å². The Morgan fingerprint density at radius 3 is 2.62 bits per heavy atom. The lowest BCUT2D eigenvalue weighted by molar-refractivity contribution is -0.113. The van der Waals surface area contributed by atoms with E-state index in [-0.39, 0.29) is 5.91 Å². The molecule has 2 heterocycles. The van der Waals surface area contributed by atoms with Gasteiger partial charge in [-0.25, -0.2) is 4.90 Å². The Bertz CT molecular complexity index is 1220. The van der Waals surface area contributed by atoms with E-state index in [9.17, 15) is 4.79 Å². The lowest BCUT2D eigenvalue weighted by Gasteiger charge is -2.12. The number of methoxy groups -OCH3 is 1. The zero-order valence-electron chi connectivity index (χ0n) is 17.8. The number of amides is 1. The molecule has 0 unspecified atom stereocenters. The van der Waals surface area contributed by atoms with E-state index in [0.717, 1.165) is 26.1 Å². The topological polar surface area (TPSA) is 68.6 Å². The summed E-state index contributed by atoms with van der Waals surface area (Å²) in [5.74, 6) is 1.27. The van der Waals surface area contributed by atoms with Gasteiger partial charge >= 0.3 is 0 Å². The molecule has 164 valence electrons. The lowest BCUT2D eigenvalue weighted by atomic mass is 10.1. The molecular formula is C23H21IN4O3S. The van der Waals surface area contributed by atoms with Crippen LogP contribution in [-0.2, 0) is 18.4 Å². The Hall–Kier alpha value is -2.92. The Morgan fingerprint density at radius 1 is 1.22 bits per heavy atom. The Kier molecular flexibility index (Phi) is 6.47. The number of hydrogen-bond donors (Lipinski definition) is 1. The van der Waals surface area contributed by atoms with Crippen molar-refractivity contribution in [3.05, 3.63) is 74.7 Å². The molecule has 1 aliphatic heterocycles. The molecule has 1 saturated heterocycles. The summed E-state index contributed by atoms with van der Waals surface area (Å²) in [6, 6.07) is 13.5. The normalized spacial score (nSPS) is 14.8. The first-order valence-electron chi connectivity index (χ1n) is 9.78. The number of hydrogen-bond acceptors (Lipinski definition) is 5. The van der Waals surface area contributed by atoms with Crippen LogP contribution in [0.1, 0.15) is 16.8 Å². The molecule has 1 aromatic heterocycles. The average molecular weight is 560 g/mol. The van der Waals surface area contributed by atoms with Crippen molar-refractivity contribution < 1.29 is 14.3 Å². The summed E-state index contributed by atoms with van der Waals surface area (Å²) in [7, 11) is 3.43. The molecule has 0 radical (unpaired) electrons. The molecule has 0 aliphatic carbocycles. The molecule has 3 aromatic rings. The maximum atomic E-state index is 13.0. The van der Waals surface area contributed by atoms with Crippen LogP contribution in [0, 0.1) is 10.5 Å². The van der Waals surface area contributed by atoms with Gasteiger partial charge in [0.1, 0.15) is 23.8 Å². The molecule has 4 rings (SSSR count). The highest BCUT2D eigenvalue weighted by Gasteiger charge is 2.33. The molecule has 2 aromatic carbocycles. The number of benzene rings is 2. The zero-order valence-corrected chi connectivity index (χ0v) is 20.7. The molecule has 1 amide bonds. The second kappa shape index (κ2) is 9.29. The Morgan fingerprint density at radius 2 is 1.97 bits per heavy atom. The molecule has 1 aliphatic rings. The first kappa shape index (κ1) is 22.3. The largest absolute Gasteiger partial charge is 0.496 e. The van der Waals surface area contributed by atoms with Gasteiger partial charge in [-0.3, -0.25) is 9.48 Å². The van der Waals surface area contributed by atoms with E-state index in [1.54, 1.807) is 24.1 Å². The standard InChI is InChI=1S/C23H21IN4O3S/c1-14-20(12-27(2)26-14)28-22(29)19(25-23(28)32)11-15-4-9-21(30-3)16(10-15)13-31-18-7-5-17(24)6-8-18/h4-12H,13H2,1-3H3,(H,25,32)/b19-11+. The van der Waals surface area contributed by atoms with E-state index in [0.29, 0.717) is 28.9 Å². The van der Waals surface area contributed by atoms with Crippen LogP contribution in [0.25, 0.3) is 6.08 Å². The van der Waals surface area contributed by atoms with Crippen molar-refractivity contribution in [1.82, 2.24) is 15.1 Å². The van der Waals surface area contributed by atoms with Crippen LogP contribution in [0.5, 0.6) is 11.5 Å². The van der Waals surface area contributed by atoms with Gasteiger partial charge < -0.3 is 14.8 Å². The third-order valence-corrected chi connectivity index (χ3v) is 5.93. The Balaban J connectivity index is 1.57. The number of thiocarbonyl (C=S) groups is 1. The molecule has 9 heteroatoms. The number of aromatic nitrogens is 2. The number of nitrogens with one attached hydrogen (secondary N) is 1. The van der Waals surface area contributed by atoms with Crippen LogP contribution < -0.4 is 19.7 Å². The smallest absolute Gasteiger partial charge is 0.281 e. The van der Waals surface area contributed by atoms with Gasteiger partial charge in [0.25, 0.3) is 5.91 Å². The maximum Gasteiger partial charge on any atom is 0.281 e. The highest BCUT2D eigenvalue weighted by atomic mass is 127. The summed E-state index contributed by atoms with van der Waals surface area (Å²) in [5.41, 5.74) is 3.49. The number of carbonyl (C=O) groups is 1. The van der Waals surface area contributed by atoms with E-state index in [4.69, 9.17) is 21.7 Å². The van der Waals surface area contributed by atoms with E-state index in [1.165, 1.54) is 4.90 Å². The SMILES string of the molecule is COc1ccc(/C=C2/NC(=S)N(c3cn(C)nc3C)C2=O)cc1COc1ccc(I)cc1. The molecule has 0 saturated carbocycles. The fraction of sp³-hybridized carbons (Fsp3) is 0.174. The van der Waals surface area contributed by atoms with Crippen LogP contribution in [0.4, 0.5) is 5.69 Å². The van der Waals surface area contributed by atoms with E-state index >= 15 is 0 Å². The Labute approximate surface area is 205 Å². The zero-order chi connectivity index (χ0) is 22.8. The maximum absolute atomic E-state index is 13.0. The molecule has 7 nitrogen and oxygen atoms in total. The second-order valence-electron chi connectivity index (χ2n) is 7.22. The minimum atomic E-state index is -0.224. The van der Waals surface area contributed by atoms with Gasteiger partial charge in [0.2, 0.25) is 0 Å². The molecule has 1 fully saturated rings. The highest BCUT2D eigenvalue weighted by molar-refractivity contribution is 14.1. The molecular weight excluding hydrogens is 539 g/mol. The molecule has 0 atom stereocenters. The number of aryl methyl sites for hydroxylation is 2. The van der Waals surface area contributed by atoms with Crippen molar-refractivity contribution in [2.24, 2.45) is 7.05 Å². The van der Waals surface area contributed by atoms with Crippen molar-refractivity contribution in [3.8, 4) is 11.5 Å². The van der Waals surface area contributed by atoms with E-state index < -0.39 is 0 Å². The van der Waals surface area contributed by atoms with Crippen molar-refractivity contribution in [1.29, 1.82) is 0 Å². The van der Waals surface area contributed by atoms with Crippen molar-refractivity contribution in [2.75, 3.05) is 12.0 Å². The summed E-state index contributed by atoms with van der Waals surface area (Å²) in [6.07, 6.45) is 3.55. The van der Waals surface area contributed by atoms with E-state index in [2.05, 4.69) is 33.0 Å². The number of anilines is 1. The van der Waals surface area contributed by atoms with Crippen LogP contribution in [-0.4, -0.2) is 27.9 Å². The number of nitrogens with zero attached hydrogens (tertiary/aromatic N) is 3. The summed E-state index contributed by atoms with van der Waals surface area (Å²) in [4.78, 5) is 14.5. The average Bonchev–Trinajstić information content (AvgIpc) is 3.24. The monoisotopic (exact) mass is 560 g/mol. The third kappa shape index (κ3) is 4.63. The van der Waals surface area contributed by atoms with Crippen molar-refractivity contribution in [3.63, 3.8) is 0 Å². The first-order chi connectivity index (χ1) is 15.4. The van der Waals surface area contributed by atoms with Crippen LogP contribution in [0.2, 0.25) is 0 Å². The molecule has 32 heavy (non-hydrogen) atoms. The first-order valence-corrected chi connectivity index (χ1v) is 11.3. The van der Waals surface area contributed by atoms with Gasteiger partial charge in [-0.1, -0.05) is 6.07 Å². The summed E-state index contributed by atoms with van der Waals surface area (Å²) in [5, 5.41) is 7.65. The van der Waals surface area contributed by atoms with Gasteiger partial charge in [-0.2, -0.15) is 5.10 Å². The van der Waals surface area contributed by atoms with Gasteiger partial charge in [0.15, 0.2) is 5.11 Å². The second-order valence-corrected chi connectivity index (χ2v) is 8.85. The lowest BCUT2D eigenvalue weighted by Crippen LogP contribution is -2.30. The third-order valence-electron chi connectivity index (χ3n) is 4.93. The van der Waals surface area contributed by atoms with Gasteiger partial charge in [-0.15, -0.1) is 0 Å². The fourth-order valence-corrected chi connectivity index (χ4v) is 4.07. The highest BCUT2D eigenvalue weighted by Crippen LogP contribution is 2.27. The van der Waals surface area contributed by atoms with Crippen molar-refractivity contribution >= 4 is 57.6 Å². The minimum Gasteiger partial charge on any atom is -0.496 e. The predicted molar refractivity (Wildman–Crippen MR) is 136 cm³/mol. The number of carbonyl (C=O) groups excluding carboxylic acids is 1. The number of rotatable bonds is 6.